The molecule has 0 aromatic heterocycles. The average Bonchev–Trinajstić information content (AvgIpc) is 2.53. The van der Waals surface area contributed by atoms with Crippen LogP contribution in [0.1, 0.15) is 50.5 Å². The monoisotopic (exact) mass is 323 g/mol. The zero-order valence-electron chi connectivity index (χ0n) is 14.3. The Kier molecular flexibility index (Phi) is 3.75. The van der Waals surface area contributed by atoms with Gasteiger partial charge in [0.05, 0.1) is 17.4 Å². The maximum atomic E-state index is 11.9. The SMILES string of the molecule is CNc1ccc(C23CC4CC(CC(C4)C2)C3)cc1NC(=O)CC#N. The summed E-state index contributed by atoms with van der Waals surface area (Å²) in [4.78, 5) is 11.9. The predicted molar refractivity (Wildman–Crippen MR) is 94.7 cm³/mol. The summed E-state index contributed by atoms with van der Waals surface area (Å²) in [5.41, 5.74) is 3.42. The van der Waals surface area contributed by atoms with Gasteiger partial charge in [-0.1, -0.05) is 6.07 Å². The van der Waals surface area contributed by atoms with Crippen molar-refractivity contribution in [2.24, 2.45) is 17.8 Å². The zero-order chi connectivity index (χ0) is 16.7. The van der Waals surface area contributed by atoms with Crippen molar-refractivity contribution in [2.75, 3.05) is 17.7 Å². The van der Waals surface area contributed by atoms with Crippen LogP contribution in [-0.2, 0) is 10.2 Å². The Morgan fingerprint density at radius 1 is 1.17 bits per heavy atom. The molecule has 0 heterocycles. The van der Waals surface area contributed by atoms with Gasteiger partial charge < -0.3 is 10.6 Å². The van der Waals surface area contributed by atoms with Crippen LogP contribution in [0.4, 0.5) is 11.4 Å². The number of hydrogen-bond donors (Lipinski definition) is 2. The summed E-state index contributed by atoms with van der Waals surface area (Å²) in [6, 6.07) is 8.41. The fourth-order valence-electron chi connectivity index (χ4n) is 5.93. The lowest BCUT2D eigenvalue weighted by molar-refractivity contribution is -0.115. The van der Waals surface area contributed by atoms with Crippen LogP contribution < -0.4 is 10.6 Å². The molecule has 0 aliphatic heterocycles. The van der Waals surface area contributed by atoms with Crippen LogP contribution in [0.15, 0.2) is 18.2 Å². The molecule has 5 rings (SSSR count). The summed E-state index contributed by atoms with van der Waals surface area (Å²) in [6.45, 7) is 0. The van der Waals surface area contributed by atoms with Crippen LogP contribution in [0.5, 0.6) is 0 Å². The van der Waals surface area contributed by atoms with Gasteiger partial charge in [-0.3, -0.25) is 4.79 Å². The summed E-state index contributed by atoms with van der Waals surface area (Å²) in [7, 11) is 1.86. The van der Waals surface area contributed by atoms with Crippen molar-refractivity contribution in [3.8, 4) is 6.07 Å². The predicted octanol–water partition coefficient (Wildman–Crippen LogP) is 4.05. The van der Waals surface area contributed by atoms with Gasteiger partial charge in [0, 0.05) is 7.05 Å². The quantitative estimate of drug-likeness (QED) is 0.878. The molecule has 0 unspecified atom stereocenters. The molecule has 1 aromatic rings. The van der Waals surface area contributed by atoms with Crippen LogP contribution in [0.2, 0.25) is 0 Å². The van der Waals surface area contributed by atoms with Crippen molar-refractivity contribution in [3.05, 3.63) is 23.8 Å². The Bertz CT molecular complexity index is 668. The van der Waals surface area contributed by atoms with Crippen molar-refractivity contribution in [1.82, 2.24) is 0 Å². The highest BCUT2D eigenvalue weighted by Crippen LogP contribution is 2.61. The number of amides is 1. The highest BCUT2D eigenvalue weighted by atomic mass is 16.1. The second-order valence-electron chi connectivity index (χ2n) is 8.09. The van der Waals surface area contributed by atoms with E-state index in [1.165, 1.54) is 44.1 Å². The Balaban J connectivity index is 1.66. The first kappa shape index (κ1) is 15.5. The fourth-order valence-corrected chi connectivity index (χ4v) is 5.93. The molecule has 4 fully saturated rings. The minimum atomic E-state index is -0.239. The molecule has 24 heavy (non-hydrogen) atoms. The molecular formula is C20H25N3O. The third-order valence-electron chi connectivity index (χ3n) is 6.45. The van der Waals surface area contributed by atoms with Crippen molar-refractivity contribution >= 4 is 17.3 Å². The average molecular weight is 323 g/mol. The molecule has 0 atom stereocenters. The van der Waals surface area contributed by atoms with Gasteiger partial charge in [-0.25, -0.2) is 0 Å². The van der Waals surface area contributed by atoms with E-state index in [1.807, 2.05) is 13.1 Å². The topological polar surface area (TPSA) is 64.9 Å². The molecule has 126 valence electrons. The van der Waals surface area contributed by atoms with Crippen molar-refractivity contribution in [2.45, 2.75) is 50.4 Å². The number of nitrogens with zero attached hydrogens (tertiary/aromatic N) is 1. The molecular weight excluding hydrogens is 298 g/mol. The fraction of sp³-hybridized carbons (Fsp3) is 0.600. The molecule has 4 nitrogen and oxygen atoms in total. The van der Waals surface area contributed by atoms with Crippen molar-refractivity contribution in [3.63, 3.8) is 0 Å². The molecule has 1 amide bonds. The van der Waals surface area contributed by atoms with Gasteiger partial charge >= 0.3 is 0 Å². The van der Waals surface area contributed by atoms with Crippen LogP contribution in [0.3, 0.4) is 0 Å². The van der Waals surface area contributed by atoms with Crippen molar-refractivity contribution < 1.29 is 4.79 Å². The molecule has 4 aliphatic rings. The lowest BCUT2D eigenvalue weighted by Gasteiger charge is -2.57. The molecule has 4 heteroatoms. The lowest BCUT2D eigenvalue weighted by Crippen LogP contribution is -2.48. The Morgan fingerprint density at radius 2 is 1.79 bits per heavy atom. The Labute approximate surface area is 143 Å². The first-order valence-corrected chi connectivity index (χ1v) is 9.11. The second-order valence-corrected chi connectivity index (χ2v) is 8.09. The molecule has 0 spiro atoms. The minimum absolute atomic E-state index is 0.106. The number of anilines is 2. The molecule has 4 bridgehead atoms. The smallest absolute Gasteiger partial charge is 0.238 e. The van der Waals surface area contributed by atoms with Gasteiger partial charge in [0.2, 0.25) is 5.91 Å². The molecule has 4 saturated carbocycles. The van der Waals surface area contributed by atoms with Gasteiger partial charge in [0.15, 0.2) is 0 Å². The first-order valence-electron chi connectivity index (χ1n) is 9.11. The van der Waals surface area contributed by atoms with E-state index >= 15 is 0 Å². The zero-order valence-corrected chi connectivity index (χ0v) is 14.3. The molecule has 0 saturated heterocycles. The molecule has 2 N–H and O–H groups in total. The van der Waals surface area contributed by atoms with Gasteiger partial charge in [0.1, 0.15) is 6.42 Å². The summed E-state index contributed by atoms with van der Waals surface area (Å²) >= 11 is 0. The van der Waals surface area contributed by atoms with Gasteiger partial charge in [-0.15, -0.1) is 0 Å². The van der Waals surface area contributed by atoms with E-state index in [9.17, 15) is 4.79 Å². The summed E-state index contributed by atoms with van der Waals surface area (Å²) < 4.78 is 0. The summed E-state index contributed by atoms with van der Waals surface area (Å²) in [5.74, 6) is 2.46. The molecule has 0 radical (unpaired) electrons. The molecule has 4 aliphatic carbocycles. The number of nitriles is 1. The maximum absolute atomic E-state index is 11.9. The van der Waals surface area contributed by atoms with Crippen LogP contribution in [0.25, 0.3) is 0 Å². The van der Waals surface area contributed by atoms with E-state index in [1.54, 1.807) is 0 Å². The first-order chi connectivity index (χ1) is 11.6. The number of rotatable bonds is 4. The van der Waals surface area contributed by atoms with Crippen LogP contribution in [0, 0.1) is 29.1 Å². The summed E-state index contributed by atoms with van der Waals surface area (Å²) in [5, 5.41) is 14.8. The minimum Gasteiger partial charge on any atom is -0.386 e. The van der Waals surface area contributed by atoms with E-state index in [2.05, 4.69) is 28.8 Å². The normalized spacial score (nSPS) is 33.1. The van der Waals surface area contributed by atoms with E-state index in [0.29, 0.717) is 5.41 Å². The number of carbonyl (C=O) groups excluding carboxylic acids is 1. The number of nitrogens with one attached hydrogen (secondary N) is 2. The maximum Gasteiger partial charge on any atom is 0.238 e. The third kappa shape index (κ3) is 2.56. The van der Waals surface area contributed by atoms with E-state index in [0.717, 1.165) is 29.1 Å². The van der Waals surface area contributed by atoms with E-state index in [4.69, 9.17) is 5.26 Å². The van der Waals surface area contributed by atoms with E-state index in [-0.39, 0.29) is 12.3 Å². The standard InChI is InChI=1S/C20H25N3O/c1-22-17-3-2-16(9-18(17)23-19(24)4-5-21)20-10-13-6-14(11-20)8-15(7-13)12-20/h2-3,9,13-15,22H,4,6-8,10-12H2,1H3,(H,23,24). The lowest BCUT2D eigenvalue weighted by atomic mass is 9.48. The molecule has 1 aromatic carbocycles. The third-order valence-corrected chi connectivity index (χ3v) is 6.45. The number of benzene rings is 1. The second kappa shape index (κ2) is 5.81. The van der Waals surface area contributed by atoms with Gasteiger partial charge in [-0.2, -0.15) is 5.26 Å². The van der Waals surface area contributed by atoms with Crippen LogP contribution >= 0.6 is 0 Å². The largest absolute Gasteiger partial charge is 0.386 e. The van der Waals surface area contributed by atoms with E-state index < -0.39 is 0 Å². The summed E-state index contributed by atoms with van der Waals surface area (Å²) in [6.07, 6.45) is 8.11. The Hall–Kier alpha value is -2.02. The number of hydrogen-bond acceptors (Lipinski definition) is 3. The highest BCUT2D eigenvalue weighted by molar-refractivity contribution is 5.95. The highest BCUT2D eigenvalue weighted by Gasteiger charge is 2.51. The van der Waals surface area contributed by atoms with Crippen molar-refractivity contribution in [1.29, 1.82) is 5.26 Å². The van der Waals surface area contributed by atoms with Crippen LogP contribution in [-0.4, -0.2) is 13.0 Å². The van der Waals surface area contributed by atoms with Gasteiger partial charge in [0.25, 0.3) is 0 Å². The number of carbonyl (C=O) groups is 1. The van der Waals surface area contributed by atoms with Gasteiger partial charge in [-0.05, 0) is 79.4 Å². The Morgan fingerprint density at radius 3 is 2.33 bits per heavy atom.